The van der Waals surface area contributed by atoms with Crippen LogP contribution in [0.2, 0.25) is 0 Å². The first-order valence-corrected chi connectivity index (χ1v) is 10.0. The van der Waals surface area contributed by atoms with Gasteiger partial charge in [-0.05, 0) is 31.4 Å². The third-order valence-corrected chi connectivity index (χ3v) is 4.55. The Morgan fingerprint density at radius 1 is 1.29 bits per heavy atom. The molecule has 0 aliphatic heterocycles. The zero-order valence-corrected chi connectivity index (χ0v) is 19.9. The van der Waals surface area contributed by atoms with Crippen molar-refractivity contribution in [3.8, 4) is 0 Å². The largest absolute Gasteiger partial charge is 0.357 e. The molecule has 0 radical (unpaired) electrons. The molecule has 0 unspecified atom stereocenters. The zero-order chi connectivity index (χ0) is 19.6. The Morgan fingerprint density at radius 2 is 2.07 bits per heavy atom. The molecule has 0 aliphatic carbocycles. The molecule has 0 aliphatic rings. The van der Waals surface area contributed by atoms with Gasteiger partial charge in [-0.25, -0.2) is 15.0 Å². The third kappa shape index (κ3) is 8.51. The van der Waals surface area contributed by atoms with Gasteiger partial charge in [0.1, 0.15) is 10.8 Å². The molecule has 9 heteroatoms. The molecule has 7 nitrogen and oxygen atoms in total. The normalized spacial score (nSPS) is 11.1. The number of anilines is 1. The Bertz CT molecular complexity index is 760. The van der Waals surface area contributed by atoms with E-state index in [2.05, 4.69) is 50.1 Å². The lowest BCUT2D eigenvalue weighted by molar-refractivity contribution is -0.116. The number of rotatable bonds is 8. The fourth-order valence-corrected chi connectivity index (χ4v) is 3.07. The number of nitrogens with zero attached hydrogens (tertiary/aromatic N) is 3. The minimum atomic E-state index is -0.0869. The molecule has 2 aromatic rings. The maximum absolute atomic E-state index is 12.0. The fourth-order valence-electron chi connectivity index (χ4n) is 2.19. The molecular weight excluding hydrogens is 487 g/mol. The molecule has 3 N–H and O–H groups in total. The summed E-state index contributed by atoms with van der Waals surface area (Å²) < 4.78 is 0. The van der Waals surface area contributed by atoms with Crippen molar-refractivity contribution < 1.29 is 4.79 Å². The fraction of sp³-hybridized carbons (Fsp3) is 0.474. The molecule has 0 saturated carbocycles. The monoisotopic (exact) mass is 516 g/mol. The van der Waals surface area contributed by atoms with Crippen molar-refractivity contribution in [3.63, 3.8) is 0 Å². The highest BCUT2D eigenvalue weighted by Crippen LogP contribution is 2.18. The number of aliphatic imine (C=N–C) groups is 1. The molecule has 2 heterocycles. The van der Waals surface area contributed by atoms with Crippen molar-refractivity contribution in [1.82, 2.24) is 20.6 Å². The van der Waals surface area contributed by atoms with Crippen molar-refractivity contribution in [1.29, 1.82) is 0 Å². The number of guanidine groups is 1. The summed E-state index contributed by atoms with van der Waals surface area (Å²) in [5.74, 6) is 1.58. The highest BCUT2D eigenvalue weighted by molar-refractivity contribution is 14.0. The Morgan fingerprint density at radius 3 is 2.68 bits per heavy atom. The van der Waals surface area contributed by atoms with Crippen LogP contribution in [-0.4, -0.2) is 34.9 Å². The molecule has 28 heavy (non-hydrogen) atoms. The molecule has 2 aromatic heterocycles. The van der Waals surface area contributed by atoms with Crippen LogP contribution < -0.4 is 16.0 Å². The lowest BCUT2D eigenvalue weighted by atomic mass is 10.2. The van der Waals surface area contributed by atoms with Gasteiger partial charge >= 0.3 is 0 Å². The maximum Gasteiger partial charge on any atom is 0.227 e. The molecule has 0 fully saturated rings. The van der Waals surface area contributed by atoms with E-state index in [0.717, 1.165) is 22.8 Å². The van der Waals surface area contributed by atoms with Crippen molar-refractivity contribution in [2.45, 2.75) is 46.6 Å². The lowest BCUT2D eigenvalue weighted by Gasteiger charge is -2.11. The molecule has 0 bridgehead atoms. The first kappa shape index (κ1) is 24.3. The average molecular weight is 516 g/mol. The van der Waals surface area contributed by atoms with Crippen LogP contribution in [0.25, 0.3) is 0 Å². The maximum atomic E-state index is 12.0. The standard InChI is InChI=1S/C19H28N6OS.HI/c1-5-20-19(23-11-18-24-15(12-27-18)13(2)3)21-9-8-17(26)25-16-7-6-14(4)10-22-16;/h6-7,10,12-13H,5,8-9,11H2,1-4H3,(H2,20,21,23)(H,22,25,26);1H. The summed E-state index contributed by atoms with van der Waals surface area (Å²) in [6.07, 6.45) is 2.06. The molecule has 0 aromatic carbocycles. The number of nitrogens with one attached hydrogen (secondary N) is 3. The van der Waals surface area contributed by atoms with Gasteiger partial charge < -0.3 is 16.0 Å². The van der Waals surface area contributed by atoms with Crippen LogP contribution in [0.15, 0.2) is 28.7 Å². The summed E-state index contributed by atoms with van der Waals surface area (Å²) in [5.41, 5.74) is 2.16. The Hall–Kier alpha value is -1.75. The van der Waals surface area contributed by atoms with Gasteiger partial charge in [-0.2, -0.15) is 0 Å². The van der Waals surface area contributed by atoms with Crippen molar-refractivity contribution in [2.24, 2.45) is 4.99 Å². The number of hydrogen-bond acceptors (Lipinski definition) is 5. The summed E-state index contributed by atoms with van der Waals surface area (Å²) >= 11 is 1.62. The Kier molecular flexibility index (Phi) is 11.0. The first-order valence-electron chi connectivity index (χ1n) is 9.17. The molecule has 2 rings (SSSR count). The van der Waals surface area contributed by atoms with E-state index < -0.39 is 0 Å². The zero-order valence-electron chi connectivity index (χ0n) is 16.8. The van der Waals surface area contributed by atoms with Gasteiger partial charge in [0.05, 0.1) is 12.2 Å². The quantitative estimate of drug-likeness (QED) is 0.283. The molecular formula is C19H29IN6OS. The Balaban J connectivity index is 0.00000392. The van der Waals surface area contributed by atoms with Crippen molar-refractivity contribution >= 4 is 53.0 Å². The van der Waals surface area contributed by atoms with E-state index in [1.807, 2.05) is 19.9 Å². The number of amides is 1. The van der Waals surface area contributed by atoms with E-state index in [4.69, 9.17) is 0 Å². The van der Waals surface area contributed by atoms with E-state index in [1.165, 1.54) is 0 Å². The number of aryl methyl sites for hydroxylation is 1. The lowest BCUT2D eigenvalue weighted by Crippen LogP contribution is -2.38. The van der Waals surface area contributed by atoms with E-state index in [9.17, 15) is 4.79 Å². The number of carbonyl (C=O) groups excluding carboxylic acids is 1. The molecule has 0 saturated heterocycles. The average Bonchev–Trinajstić information content (AvgIpc) is 3.11. The van der Waals surface area contributed by atoms with Gasteiger partial charge in [-0.3, -0.25) is 4.79 Å². The minimum Gasteiger partial charge on any atom is -0.357 e. The molecule has 154 valence electrons. The summed E-state index contributed by atoms with van der Waals surface area (Å²) in [5, 5.41) is 12.2. The minimum absolute atomic E-state index is 0. The van der Waals surface area contributed by atoms with Crippen molar-refractivity contribution in [3.05, 3.63) is 40.0 Å². The topological polar surface area (TPSA) is 91.3 Å². The second-order valence-electron chi connectivity index (χ2n) is 6.46. The van der Waals surface area contributed by atoms with Crippen molar-refractivity contribution in [2.75, 3.05) is 18.4 Å². The van der Waals surface area contributed by atoms with Gasteiger partial charge in [0, 0.05) is 31.1 Å². The smallest absolute Gasteiger partial charge is 0.227 e. The number of thiazole rings is 1. The van der Waals surface area contributed by atoms with Gasteiger partial charge in [-0.15, -0.1) is 35.3 Å². The van der Waals surface area contributed by atoms with Gasteiger partial charge in [0.15, 0.2) is 5.96 Å². The van der Waals surface area contributed by atoms with E-state index >= 15 is 0 Å². The van der Waals surface area contributed by atoms with E-state index in [0.29, 0.717) is 37.2 Å². The number of aromatic nitrogens is 2. The second kappa shape index (κ2) is 12.7. The van der Waals surface area contributed by atoms with Crippen LogP contribution in [-0.2, 0) is 11.3 Å². The predicted octanol–water partition coefficient (Wildman–Crippen LogP) is 3.67. The summed E-state index contributed by atoms with van der Waals surface area (Å²) in [6.45, 7) is 9.98. The first-order chi connectivity index (χ1) is 13.0. The molecule has 0 spiro atoms. The van der Waals surface area contributed by atoms with Gasteiger partial charge in [-0.1, -0.05) is 19.9 Å². The van der Waals surface area contributed by atoms with E-state index in [1.54, 1.807) is 23.6 Å². The van der Waals surface area contributed by atoms with Crippen LogP contribution in [0.3, 0.4) is 0 Å². The van der Waals surface area contributed by atoms with Crippen LogP contribution in [0.4, 0.5) is 5.82 Å². The van der Waals surface area contributed by atoms with Crippen LogP contribution >= 0.6 is 35.3 Å². The van der Waals surface area contributed by atoms with Crippen LogP contribution in [0.1, 0.15) is 49.4 Å². The Labute approximate surface area is 187 Å². The number of carbonyl (C=O) groups is 1. The van der Waals surface area contributed by atoms with E-state index in [-0.39, 0.29) is 29.9 Å². The van der Waals surface area contributed by atoms with Gasteiger partial charge in [0.25, 0.3) is 0 Å². The predicted molar refractivity (Wildman–Crippen MR) is 127 cm³/mol. The number of halogens is 1. The third-order valence-electron chi connectivity index (χ3n) is 3.70. The van der Waals surface area contributed by atoms with Gasteiger partial charge in [0.2, 0.25) is 5.91 Å². The molecule has 1 amide bonds. The summed E-state index contributed by atoms with van der Waals surface area (Å²) in [7, 11) is 0. The highest BCUT2D eigenvalue weighted by Gasteiger charge is 2.07. The second-order valence-corrected chi connectivity index (χ2v) is 7.40. The van der Waals surface area contributed by atoms with Crippen LogP contribution in [0, 0.1) is 6.92 Å². The summed E-state index contributed by atoms with van der Waals surface area (Å²) in [4.78, 5) is 25.3. The highest BCUT2D eigenvalue weighted by atomic mass is 127. The van der Waals surface area contributed by atoms with Crippen LogP contribution in [0.5, 0.6) is 0 Å². The summed E-state index contributed by atoms with van der Waals surface area (Å²) in [6, 6.07) is 3.71. The number of hydrogen-bond donors (Lipinski definition) is 3. The molecule has 0 atom stereocenters. The SMILES string of the molecule is CCNC(=NCc1nc(C(C)C)cs1)NCCC(=O)Nc1ccc(C)cn1.I. The number of pyridine rings is 1.